The van der Waals surface area contributed by atoms with E-state index in [0.717, 1.165) is 0 Å². The molecule has 7 nitrogen and oxygen atoms in total. The van der Waals surface area contributed by atoms with Gasteiger partial charge in [0.15, 0.2) is 0 Å². The van der Waals surface area contributed by atoms with Gasteiger partial charge in [-0.25, -0.2) is 16.8 Å². The lowest BCUT2D eigenvalue weighted by Gasteiger charge is -2.40. The maximum Gasteiger partial charge on any atom is 0.456 e. The van der Waals surface area contributed by atoms with Crippen LogP contribution in [0.25, 0.3) is 0 Å². The zero-order valence-electron chi connectivity index (χ0n) is 13.3. The Morgan fingerprint density at radius 3 is 1.32 bits per heavy atom. The highest BCUT2D eigenvalue weighted by atomic mass is 80.0. The highest BCUT2D eigenvalue weighted by Crippen LogP contribution is 2.50. The molecule has 0 unspecified atom stereocenters. The van der Waals surface area contributed by atoms with Crippen molar-refractivity contribution < 1.29 is 25.7 Å². The molecule has 0 heterocycles. The van der Waals surface area contributed by atoms with Gasteiger partial charge in [0.1, 0.15) is 0 Å². The SMILES string of the molecule is CCC[Si](OCC)(OCC)N(S(=O)(=O)C(Br)(Br)Br)S(=O)(=O)C(Br)(Br)Br. The molecule has 0 bridgehead atoms. The van der Waals surface area contributed by atoms with Gasteiger partial charge in [0, 0.05) is 19.3 Å². The Morgan fingerprint density at radius 1 is 0.800 bits per heavy atom. The van der Waals surface area contributed by atoms with E-state index in [1.807, 2.05) is 0 Å². The topological polar surface area (TPSA) is 90.0 Å². The summed E-state index contributed by atoms with van der Waals surface area (Å²) in [5.74, 6) is 0. The van der Waals surface area contributed by atoms with Crippen LogP contribution in [-0.4, -0.2) is 45.1 Å². The third kappa shape index (κ3) is 6.43. The van der Waals surface area contributed by atoms with E-state index in [4.69, 9.17) is 8.85 Å². The molecular formula is C9H17Br6NO6S2Si. The smallest absolute Gasteiger partial charge is 0.382 e. The minimum atomic E-state index is -4.59. The molecule has 0 amide bonds. The number of halogens is 6. The predicted octanol–water partition coefficient (Wildman–Crippen LogP) is 4.96. The van der Waals surface area contributed by atoms with Crippen molar-refractivity contribution in [1.82, 2.24) is 3.38 Å². The fraction of sp³-hybridized carbons (Fsp3) is 1.00. The highest BCUT2D eigenvalue weighted by Gasteiger charge is 2.64. The Kier molecular flexibility index (Phi) is 11.4. The molecule has 0 aliphatic rings. The molecule has 16 heteroatoms. The average Bonchev–Trinajstić information content (AvgIpc) is 2.36. The van der Waals surface area contributed by atoms with Crippen LogP contribution in [0.5, 0.6) is 0 Å². The second-order valence-corrected chi connectivity index (χ2v) is 28.8. The summed E-state index contributed by atoms with van der Waals surface area (Å²) in [4.78, 5) is 0. The summed E-state index contributed by atoms with van der Waals surface area (Å²) >= 11 is 17.5. The maximum atomic E-state index is 13.1. The van der Waals surface area contributed by atoms with Gasteiger partial charge in [0.05, 0.1) is 0 Å². The fourth-order valence-corrected chi connectivity index (χ4v) is 17.9. The van der Waals surface area contributed by atoms with Gasteiger partial charge in [-0.15, -0.1) is 0 Å². The summed E-state index contributed by atoms with van der Waals surface area (Å²) in [5, 5.41) is 0. The number of sulfonamides is 2. The van der Waals surface area contributed by atoms with Gasteiger partial charge in [-0.3, -0.25) is 0 Å². The van der Waals surface area contributed by atoms with E-state index in [0.29, 0.717) is 9.80 Å². The summed E-state index contributed by atoms with van der Waals surface area (Å²) in [7, 11) is -13.1. The molecule has 0 saturated heterocycles. The van der Waals surface area contributed by atoms with Crippen molar-refractivity contribution >= 4 is 124 Å². The largest absolute Gasteiger partial charge is 0.456 e. The van der Waals surface area contributed by atoms with Crippen LogP contribution in [0.4, 0.5) is 0 Å². The first-order chi connectivity index (χ1) is 11.0. The Hall–Kier alpha value is 2.88. The lowest BCUT2D eigenvalue weighted by Crippen LogP contribution is -2.65. The predicted molar refractivity (Wildman–Crippen MR) is 123 cm³/mol. The van der Waals surface area contributed by atoms with E-state index in [-0.39, 0.29) is 19.3 Å². The molecule has 0 radical (unpaired) electrons. The first kappa shape index (κ1) is 27.9. The monoisotopic (exact) mass is 801 g/mol. The van der Waals surface area contributed by atoms with Gasteiger partial charge in [-0.05, 0) is 109 Å². The molecule has 0 aromatic carbocycles. The number of nitrogens with zero attached hydrogens (tertiary/aromatic N) is 1. The van der Waals surface area contributed by atoms with Crippen LogP contribution in [0, 0.1) is 0 Å². The molecular weight excluding hydrogens is 790 g/mol. The number of rotatable bonds is 9. The normalized spacial score (nSPS) is 15.0. The first-order valence-electron chi connectivity index (χ1n) is 6.76. The van der Waals surface area contributed by atoms with Crippen molar-refractivity contribution in [3.05, 3.63) is 0 Å². The van der Waals surface area contributed by atoms with E-state index in [2.05, 4.69) is 95.6 Å². The molecule has 0 spiro atoms. The summed E-state index contributed by atoms with van der Waals surface area (Å²) in [6.45, 7) is 5.22. The lowest BCUT2D eigenvalue weighted by molar-refractivity contribution is 0.162. The maximum absolute atomic E-state index is 13.1. The van der Waals surface area contributed by atoms with Crippen LogP contribution in [0.15, 0.2) is 0 Å². The standard InChI is InChI=1S/C9H17Br6NO6S2Si/c1-4-7-25(21-5-2,22-6-3)16(23(17,18)8(10,11)12)24(19,20)9(13,14)15/h4-7H2,1-3H3. The molecule has 0 fully saturated rings. The molecule has 152 valence electrons. The quantitative estimate of drug-likeness (QED) is 0.242. The van der Waals surface area contributed by atoms with Crippen LogP contribution in [-0.2, 0) is 28.9 Å². The second kappa shape index (κ2) is 10.3. The van der Waals surface area contributed by atoms with Crippen LogP contribution >= 0.6 is 95.6 Å². The zero-order chi connectivity index (χ0) is 20.3. The first-order valence-corrected chi connectivity index (χ1v) is 16.4. The summed E-state index contributed by atoms with van der Waals surface area (Å²) < 4.78 is 60.4. The van der Waals surface area contributed by atoms with Crippen molar-refractivity contribution in [2.24, 2.45) is 0 Å². The summed E-state index contributed by atoms with van der Waals surface area (Å²) in [5.41, 5.74) is 0. The van der Waals surface area contributed by atoms with Gasteiger partial charge < -0.3 is 8.85 Å². The van der Waals surface area contributed by atoms with E-state index >= 15 is 0 Å². The molecule has 25 heavy (non-hydrogen) atoms. The number of hydrogen-bond acceptors (Lipinski definition) is 6. The van der Waals surface area contributed by atoms with Crippen LogP contribution < -0.4 is 0 Å². The van der Waals surface area contributed by atoms with Crippen LogP contribution in [0.1, 0.15) is 27.2 Å². The van der Waals surface area contributed by atoms with Gasteiger partial charge in [-0.2, -0.15) is 0 Å². The van der Waals surface area contributed by atoms with Gasteiger partial charge >= 0.3 is 8.72 Å². The third-order valence-corrected chi connectivity index (χ3v) is 19.5. The van der Waals surface area contributed by atoms with E-state index in [1.54, 1.807) is 20.8 Å². The van der Waals surface area contributed by atoms with Gasteiger partial charge in [0.25, 0.3) is 20.0 Å². The van der Waals surface area contributed by atoms with Crippen molar-refractivity contribution in [3.8, 4) is 0 Å². The number of hydrogen-bond donors (Lipinski definition) is 0. The minimum absolute atomic E-state index is 0.0769. The molecule has 0 atom stereocenters. The summed E-state index contributed by atoms with van der Waals surface area (Å²) in [6.07, 6.45) is 0.452. The summed E-state index contributed by atoms with van der Waals surface area (Å²) in [6, 6.07) is 0.110. The van der Waals surface area contributed by atoms with Crippen molar-refractivity contribution in [2.45, 2.75) is 36.2 Å². The van der Waals surface area contributed by atoms with Crippen LogP contribution in [0.3, 0.4) is 0 Å². The molecule has 0 aromatic heterocycles. The van der Waals surface area contributed by atoms with E-state index < -0.39 is 31.7 Å². The Bertz CT molecular complexity index is 585. The third-order valence-electron chi connectivity index (χ3n) is 2.61. The number of alkyl halides is 6. The van der Waals surface area contributed by atoms with Crippen molar-refractivity contribution in [1.29, 1.82) is 0 Å². The Morgan fingerprint density at radius 2 is 1.12 bits per heavy atom. The molecule has 0 aliphatic heterocycles. The van der Waals surface area contributed by atoms with Crippen molar-refractivity contribution in [2.75, 3.05) is 13.2 Å². The average molecular weight is 807 g/mol. The van der Waals surface area contributed by atoms with E-state index in [1.165, 1.54) is 0 Å². The molecule has 0 saturated carbocycles. The molecule has 0 aromatic rings. The van der Waals surface area contributed by atoms with Gasteiger partial charge in [-0.1, -0.05) is 16.7 Å². The van der Waals surface area contributed by atoms with E-state index in [9.17, 15) is 16.8 Å². The van der Waals surface area contributed by atoms with Gasteiger partial charge in [0.2, 0.25) is 2.95 Å². The Labute approximate surface area is 200 Å². The minimum Gasteiger partial charge on any atom is -0.382 e. The highest BCUT2D eigenvalue weighted by molar-refractivity contribution is 9.43. The molecule has 0 aliphatic carbocycles. The Balaban J connectivity index is 6.97. The van der Waals surface area contributed by atoms with Crippen molar-refractivity contribution in [3.63, 3.8) is 0 Å². The van der Waals surface area contributed by atoms with Crippen LogP contribution in [0.2, 0.25) is 6.04 Å². The second-order valence-electron chi connectivity index (χ2n) is 4.43. The molecule has 0 N–H and O–H groups in total. The fourth-order valence-electron chi connectivity index (χ4n) is 1.83. The lowest BCUT2D eigenvalue weighted by atomic mass is 10.6. The zero-order valence-corrected chi connectivity index (χ0v) is 25.5. The molecule has 0 rings (SSSR count).